The molecule has 0 radical (unpaired) electrons. The molecule has 1 N–H and O–H groups in total. The van der Waals surface area contributed by atoms with E-state index in [1.807, 2.05) is 6.92 Å². The smallest absolute Gasteiger partial charge is 0.230 e. The van der Waals surface area contributed by atoms with Crippen molar-refractivity contribution in [1.82, 2.24) is 4.98 Å². The van der Waals surface area contributed by atoms with Crippen molar-refractivity contribution in [3.63, 3.8) is 0 Å². The number of aromatic nitrogens is 1. The van der Waals surface area contributed by atoms with Gasteiger partial charge in [-0.05, 0) is 55.7 Å². The molecule has 0 bridgehead atoms. The monoisotopic (exact) mass is 496 g/mol. The van der Waals surface area contributed by atoms with Gasteiger partial charge in [0.1, 0.15) is 5.75 Å². The Morgan fingerprint density at radius 2 is 1.91 bits per heavy atom. The van der Waals surface area contributed by atoms with Crippen LogP contribution in [0, 0.1) is 11.2 Å². The van der Waals surface area contributed by atoms with Gasteiger partial charge >= 0.3 is 0 Å². The molecular formula is C27H29FN2O4S. The first kappa shape index (κ1) is 24.9. The van der Waals surface area contributed by atoms with Crippen molar-refractivity contribution in [2.45, 2.75) is 32.6 Å². The highest BCUT2D eigenvalue weighted by Gasteiger charge is 2.44. The number of rotatable bonds is 11. The number of carbonyl (C=O) groups excluding carboxylic acids is 1. The van der Waals surface area contributed by atoms with E-state index in [0.717, 1.165) is 31.4 Å². The highest BCUT2D eigenvalue weighted by Crippen LogP contribution is 2.46. The van der Waals surface area contributed by atoms with Gasteiger partial charge in [0.15, 0.2) is 23.1 Å². The van der Waals surface area contributed by atoms with E-state index in [-0.39, 0.29) is 17.1 Å². The highest BCUT2D eigenvalue weighted by molar-refractivity contribution is 7.80. The fourth-order valence-electron chi connectivity index (χ4n) is 3.51. The van der Waals surface area contributed by atoms with Crippen LogP contribution in [-0.2, 0) is 4.79 Å². The van der Waals surface area contributed by atoms with E-state index >= 15 is 0 Å². The molecule has 8 heteroatoms. The van der Waals surface area contributed by atoms with Crippen LogP contribution in [0.15, 0.2) is 54.7 Å². The zero-order chi connectivity index (χ0) is 24.8. The maximum Gasteiger partial charge on any atom is 0.230 e. The average Bonchev–Trinajstić information content (AvgIpc) is 3.61. The number of amides is 1. The van der Waals surface area contributed by atoms with Gasteiger partial charge in [-0.25, -0.2) is 4.39 Å². The van der Waals surface area contributed by atoms with Crippen LogP contribution in [0.5, 0.6) is 23.0 Å². The van der Waals surface area contributed by atoms with Crippen molar-refractivity contribution >= 4 is 35.1 Å². The molecule has 4 rings (SSSR count). The lowest BCUT2D eigenvalue weighted by Gasteiger charge is -2.14. The number of carbonyl (C=O) groups is 1. The standard InChI is InChI=1S/C27H29FN2O4S/c1-27(10-11-27)26(31)30-18-7-8-23(20(28)15-18)34-22-9-12-29-21-17-25(24(32-2)16-19(21)22)33-13-5-3-4-6-14-35/h3-4,7-9,12,15-17,35H,5-6,10-11,13-14H2,1-2H3,(H,30,31)/b4-3+. The van der Waals surface area contributed by atoms with E-state index in [1.54, 1.807) is 37.6 Å². The highest BCUT2D eigenvalue weighted by atomic mass is 32.1. The van der Waals surface area contributed by atoms with Gasteiger partial charge in [0.2, 0.25) is 5.91 Å². The van der Waals surface area contributed by atoms with Crippen LogP contribution in [-0.4, -0.2) is 30.4 Å². The lowest BCUT2D eigenvalue weighted by atomic mass is 10.1. The predicted octanol–water partition coefficient (Wildman–Crippen LogP) is 6.56. The Kier molecular flexibility index (Phi) is 7.80. The molecule has 0 saturated heterocycles. The predicted molar refractivity (Wildman–Crippen MR) is 138 cm³/mol. The number of thiol groups is 1. The van der Waals surface area contributed by atoms with Crippen molar-refractivity contribution in [3.8, 4) is 23.0 Å². The van der Waals surface area contributed by atoms with Gasteiger partial charge in [0.25, 0.3) is 0 Å². The summed E-state index contributed by atoms with van der Waals surface area (Å²) in [6.45, 7) is 2.39. The lowest BCUT2D eigenvalue weighted by Crippen LogP contribution is -2.21. The van der Waals surface area contributed by atoms with Crippen LogP contribution in [0.25, 0.3) is 10.9 Å². The number of allylic oxidation sites excluding steroid dienone is 1. The van der Waals surface area contributed by atoms with E-state index < -0.39 is 5.82 Å². The molecule has 35 heavy (non-hydrogen) atoms. The number of halogens is 1. The summed E-state index contributed by atoms with van der Waals surface area (Å²) in [5.74, 6) is 1.72. The molecule has 0 unspecified atom stereocenters. The van der Waals surface area contributed by atoms with E-state index in [0.29, 0.717) is 40.4 Å². The van der Waals surface area contributed by atoms with Crippen LogP contribution >= 0.6 is 12.6 Å². The maximum atomic E-state index is 14.8. The van der Waals surface area contributed by atoms with Crippen LogP contribution in [0.1, 0.15) is 32.6 Å². The van der Waals surface area contributed by atoms with Crippen molar-refractivity contribution in [3.05, 3.63) is 60.6 Å². The van der Waals surface area contributed by atoms with Crippen molar-refractivity contribution < 1.29 is 23.4 Å². The molecule has 1 saturated carbocycles. The minimum atomic E-state index is -0.577. The van der Waals surface area contributed by atoms with Crippen LogP contribution < -0.4 is 19.5 Å². The molecular weight excluding hydrogens is 467 g/mol. The maximum absolute atomic E-state index is 14.8. The molecule has 184 valence electrons. The fourth-order valence-corrected chi connectivity index (χ4v) is 3.66. The molecule has 2 aromatic carbocycles. The number of hydrogen-bond donors (Lipinski definition) is 2. The fraction of sp³-hybridized carbons (Fsp3) is 0.333. The quantitative estimate of drug-likeness (QED) is 0.179. The van der Waals surface area contributed by atoms with Gasteiger partial charge in [-0.1, -0.05) is 19.1 Å². The summed E-state index contributed by atoms with van der Waals surface area (Å²) in [6, 6.07) is 9.61. The van der Waals surface area contributed by atoms with Crippen LogP contribution in [0.4, 0.5) is 10.1 Å². The molecule has 1 amide bonds. The Hall–Kier alpha value is -3.26. The van der Waals surface area contributed by atoms with Crippen molar-refractivity contribution in [2.24, 2.45) is 5.41 Å². The number of methoxy groups -OCH3 is 1. The van der Waals surface area contributed by atoms with Gasteiger partial charge in [0.05, 0.1) is 19.2 Å². The third-order valence-electron chi connectivity index (χ3n) is 5.95. The third kappa shape index (κ3) is 6.06. The first-order valence-corrected chi connectivity index (χ1v) is 12.2. The number of benzene rings is 2. The molecule has 1 aromatic heterocycles. The van der Waals surface area contributed by atoms with Crippen molar-refractivity contribution in [1.29, 1.82) is 0 Å². The van der Waals surface area contributed by atoms with Gasteiger partial charge in [-0.3, -0.25) is 9.78 Å². The molecule has 0 aliphatic heterocycles. The Morgan fingerprint density at radius 3 is 2.63 bits per heavy atom. The number of nitrogens with one attached hydrogen (secondary N) is 1. The first-order valence-electron chi connectivity index (χ1n) is 11.6. The molecule has 0 spiro atoms. The molecule has 1 fully saturated rings. The zero-order valence-corrected chi connectivity index (χ0v) is 20.7. The largest absolute Gasteiger partial charge is 0.493 e. The summed E-state index contributed by atoms with van der Waals surface area (Å²) >= 11 is 4.18. The third-order valence-corrected chi connectivity index (χ3v) is 6.21. The van der Waals surface area contributed by atoms with Gasteiger partial charge in [-0.15, -0.1) is 0 Å². The lowest BCUT2D eigenvalue weighted by molar-refractivity contribution is -0.120. The minimum absolute atomic E-state index is 0.0421. The Bertz CT molecular complexity index is 1240. The Balaban J connectivity index is 1.51. The molecule has 6 nitrogen and oxygen atoms in total. The van der Waals surface area contributed by atoms with Gasteiger partial charge in [-0.2, -0.15) is 12.6 Å². The minimum Gasteiger partial charge on any atom is -0.493 e. The number of pyridine rings is 1. The number of ether oxygens (including phenoxy) is 3. The van der Waals surface area contributed by atoms with E-state index in [9.17, 15) is 9.18 Å². The zero-order valence-electron chi connectivity index (χ0n) is 19.8. The second-order valence-electron chi connectivity index (χ2n) is 8.71. The average molecular weight is 497 g/mol. The molecule has 3 aromatic rings. The molecule has 1 aliphatic carbocycles. The molecule has 1 aliphatic rings. The summed E-state index contributed by atoms with van der Waals surface area (Å²) in [6.07, 6.45) is 9.12. The van der Waals surface area contributed by atoms with Crippen molar-refractivity contribution in [2.75, 3.05) is 24.8 Å². The first-order chi connectivity index (χ1) is 16.9. The van der Waals surface area contributed by atoms with Crippen LogP contribution in [0.2, 0.25) is 0 Å². The second-order valence-corrected chi connectivity index (χ2v) is 9.16. The summed E-state index contributed by atoms with van der Waals surface area (Å²) in [4.78, 5) is 16.7. The summed E-state index contributed by atoms with van der Waals surface area (Å²) in [5, 5.41) is 3.43. The number of anilines is 1. The number of nitrogens with zero attached hydrogens (tertiary/aromatic N) is 1. The van der Waals surface area contributed by atoms with Gasteiger partial charge < -0.3 is 19.5 Å². The molecule has 1 heterocycles. The van der Waals surface area contributed by atoms with E-state index in [2.05, 4.69) is 35.1 Å². The number of hydrogen-bond acceptors (Lipinski definition) is 6. The van der Waals surface area contributed by atoms with Gasteiger partial charge in [0, 0.05) is 34.8 Å². The topological polar surface area (TPSA) is 69.7 Å². The Labute approximate surface area is 209 Å². The summed E-state index contributed by atoms with van der Waals surface area (Å²) < 4.78 is 32.1. The number of fused-ring (bicyclic) bond motifs is 1. The normalized spacial score (nSPS) is 14.2. The Morgan fingerprint density at radius 1 is 1.11 bits per heavy atom. The second kappa shape index (κ2) is 11.0. The molecule has 0 atom stereocenters. The van der Waals surface area contributed by atoms with E-state index in [1.165, 1.54) is 12.1 Å². The van der Waals surface area contributed by atoms with E-state index in [4.69, 9.17) is 14.2 Å². The van der Waals surface area contributed by atoms with Crippen LogP contribution in [0.3, 0.4) is 0 Å². The SMILES string of the molecule is COc1cc2c(Oc3ccc(NC(=O)C4(C)CC4)cc3F)ccnc2cc1OCC/C=C/CCS. The summed E-state index contributed by atoms with van der Waals surface area (Å²) in [5.41, 5.74) is 0.689. The summed E-state index contributed by atoms with van der Waals surface area (Å²) in [7, 11) is 1.56.